The lowest BCUT2D eigenvalue weighted by Gasteiger charge is -2.15. The Morgan fingerprint density at radius 3 is 2.47 bits per heavy atom. The number of alkyl halides is 2. The topological polar surface area (TPSA) is 38.0 Å². The molecule has 0 radical (unpaired) electrons. The molecule has 2 bridgehead atoms. The quantitative estimate of drug-likeness (QED) is 0.818. The standard InChI is InChI=1S/C15H18F2N2/c16-15(17)10-6-9(18)3-4-11(10)19-14-12-7-1-2-8(5-7)13(12)14/h3-4,6-8,12-15,19H,1-2,5,18H2. The summed E-state index contributed by atoms with van der Waals surface area (Å²) in [6.07, 6.45) is 1.58. The third-order valence-electron chi connectivity index (χ3n) is 5.37. The first-order chi connectivity index (χ1) is 9.15. The van der Waals surface area contributed by atoms with Crippen LogP contribution in [0.1, 0.15) is 31.3 Å². The van der Waals surface area contributed by atoms with Gasteiger partial charge in [0.15, 0.2) is 0 Å². The highest BCUT2D eigenvalue weighted by Gasteiger charge is 2.65. The zero-order chi connectivity index (χ0) is 13.1. The van der Waals surface area contributed by atoms with Crippen LogP contribution >= 0.6 is 0 Å². The lowest BCUT2D eigenvalue weighted by molar-refractivity contribution is 0.152. The van der Waals surface area contributed by atoms with Gasteiger partial charge in [-0.1, -0.05) is 0 Å². The van der Waals surface area contributed by atoms with Crippen molar-refractivity contribution in [3.63, 3.8) is 0 Å². The van der Waals surface area contributed by atoms with E-state index in [1.165, 1.54) is 25.3 Å². The molecule has 102 valence electrons. The number of nitrogen functional groups attached to an aromatic ring is 1. The minimum Gasteiger partial charge on any atom is -0.399 e. The second-order valence-electron chi connectivity index (χ2n) is 6.31. The summed E-state index contributed by atoms with van der Waals surface area (Å²) in [6, 6.07) is 5.21. The van der Waals surface area contributed by atoms with Crippen LogP contribution in [0.2, 0.25) is 0 Å². The van der Waals surface area contributed by atoms with Gasteiger partial charge in [0.05, 0.1) is 0 Å². The summed E-state index contributed by atoms with van der Waals surface area (Å²) in [5.41, 5.74) is 6.61. The van der Waals surface area contributed by atoms with Crippen molar-refractivity contribution >= 4 is 11.4 Å². The number of benzene rings is 1. The van der Waals surface area contributed by atoms with E-state index < -0.39 is 6.43 Å². The van der Waals surface area contributed by atoms with E-state index in [1.807, 2.05) is 0 Å². The summed E-state index contributed by atoms with van der Waals surface area (Å²) in [6.45, 7) is 0. The molecule has 1 aromatic rings. The predicted molar refractivity (Wildman–Crippen MR) is 71.0 cm³/mol. The fourth-order valence-corrected chi connectivity index (χ4v) is 4.59. The molecule has 1 aromatic carbocycles. The van der Waals surface area contributed by atoms with Gasteiger partial charge in [-0.3, -0.25) is 0 Å². The van der Waals surface area contributed by atoms with Gasteiger partial charge >= 0.3 is 0 Å². The van der Waals surface area contributed by atoms with Gasteiger partial charge in [-0.05, 0) is 61.1 Å². The van der Waals surface area contributed by atoms with E-state index in [0.29, 0.717) is 17.4 Å². The van der Waals surface area contributed by atoms with Crippen molar-refractivity contribution in [2.24, 2.45) is 23.7 Å². The molecular formula is C15H18F2N2. The first-order valence-electron chi connectivity index (χ1n) is 7.09. The molecule has 3 N–H and O–H groups in total. The summed E-state index contributed by atoms with van der Waals surface area (Å²) >= 11 is 0. The average molecular weight is 264 g/mol. The molecule has 2 nitrogen and oxygen atoms in total. The molecule has 0 amide bonds. The molecule has 4 unspecified atom stereocenters. The van der Waals surface area contributed by atoms with Gasteiger partial charge in [0.2, 0.25) is 0 Å². The summed E-state index contributed by atoms with van der Waals surface area (Å²) in [4.78, 5) is 0. The minimum atomic E-state index is -2.47. The Morgan fingerprint density at radius 2 is 1.84 bits per heavy atom. The monoisotopic (exact) mass is 264 g/mol. The van der Waals surface area contributed by atoms with E-state index in [0.717, 1.165) is 23.7 Å². The Hall–Kier alpha value is -1.32. The number of hydrogen-bond donors (Lipinski definition) is 2. The molecule has 19 heavy (non-hydrogen) atoms. The molecule has 4 atom stereocenters. The molecule has 3 saturated carbocycles. The zero-order valence-corrected chi connectivity index (χ0v) is 10.7. The van der Waals surface area contributed by atoms with Crippen LogP contribution in [0, 0.1) is 23.7 Å². The third-order valence-corrected chi connectivity index (χ3v) is 5.37. The Bertz CT molecular complexity index is 501. The van der Waals surface area contributed by atoms with Crippen LogP contribution in [0.5, 0.6) is 0 Å². The molecule has 0 aromatic heterocycles. The third kappa shape index (κ3) is 1.65. The largest absolute Gasteiger partial charge is 0.399 e. The van der Waals surface area contributed by atoms with Crippen LogP contribution in [0.3, 0.4) is 0 Å². The maximum Gasteiger partial charge on any atom is 0.265 e. The number of nitrogens with one attached hydrogen (secondary N) is 1. The lowest BCUT2D eigenvalue weighted by Crippen LogP contribution is -2.14. The Labute approximate surface area is 111 Å². The van der Waals surface area contributed by atoms with Crippen LogP contribution in [-0.2, 0) is 0 Å². The average Bonchev–Trinajstić information content (AvgIpc) is 2.79. The molecule has 0 saturated heterocycles. The van der Waals surface area contributed by atoms with Crippen LogP contribution in [0.15, 0.2) is 18.2 Å². The number of hydrogen-bond acceptors (Lipinski definition) is 2. The highest BCUT2D eigenvalue weighted by molar-refractivity contribution is 5.60. The van der Waals surface area contributed by atoms with E-state index in [1.54, 1.807) is 12.1 Å². The number of halogens is 2. The molecule has 0 aliphatic heterocycles. The first-order valence-corrected chi connectivity index (χ1v) is 7.09. The van der Waals surface area contributed by atoms with Gasteiger partial charge in [0, 0.05) is 23.0 Å². The van der Waals surface area contributed by atoms with Gasteiger partial charge in [0.1, 0.15) is 0 Å². The molecule has 0 heterocycles. The number of fused-ring (bicyclic) bond motifs is 5. The van der Waals surface area contributed by atoms with Crippen LogP contribution < -0.4 is 11.1 Å². The normalized spacial score (nSPS) is 38.6. The van der Waals surface area contributed by atoms with Crippen molar-refractivity contribution < 1.29 is 8.78 Å². The van der Waals surface area contributed by atoms with Gasteiger partial charge in [0.25, 0.3) is 6.43 Å². The van der Waals surface area contributed by atoms with Gasteiger partial charge in [-0.2, -0.15) is 0 Å². The van der Waals surface area contributed by atoms with Gasteiger partial charge < -0.3 is 11.1 Å². The van der Waals surface area contributed by atoms with Gasteiger partial charge in [-0.15, -0.1) is 0 Å². The summed E-state index contributed by atoms with van der Waals surface area (Å²) in [7, 11) is 0. The van der Waals surface area contributed by atoms with Crippen molar-refractivity contribution in [1.82, 2.24) is 0 Å². The summed E-state index contributed by atoms with van der Waals surface area (Å²) in [5.74, 6) is 3.16. The second-order valence-corrected chi connectivity index (χ2v) is 6.31. The van der Waals surface area contributed by atoms with E-state index in [2.05, 4.69) is 5.32 Å². The number of nitrogens with two attached hydrogens (primary N) is 1. The second kappa shape index (κ2) is 3.84. The smallest absolute Gasteiger partial charge is 0.265 e. The van der Waals surface area contributed by atoms with E-state index >= 15 is 0 Å². The Kier molecular flexibility index (Phi) is 2.32. The zero-order valence-electron chi connectivity index (χ0n) is 10.7. The Morgan fingerprint density at radius 1 is 1.16 bits per heavy atom. The molecule has 0 spiro atoms. The van der Waals surface area contributed by atoms with Crippen LogP contribution in [0.4, 0.5) is 20.2 Å². The number of rotatable bonds is 3. The summed E-state index contributed by atoms with van der Waals surface area (Å²) in [5, 5.41) is 3.36. The van der Waals surface area contributed by atoms with E-state index in [-0.39, 0.29) is 5.56 Å². The maximum atomic E-state index is 13.0. The van der Waals surface area contributed by atoms with E-state index in [9.17, 15) is 8.78 Å². The van der Waals surface area contributed by atoms with E-state index in [4.69, 9.17) is 5.73 Å². The van der Waals surface area contributed by atoms with Crippen molar-refractivity contribution in [3.05, 3.63) is 23.8 Å². The highest BCUT2D eigenvalue weighted by atomic mass is 19.3. The fourth-order valence-electron chi connectivity index (χ4n) is 4.59. The molecule has 3 fully saturated rings. The van der Waals surface area contributed by atoms with Crippen molar-refractivity contribution in [3.8, 4) is 0 Å². The van der Waals surface area contributed by atoms with Crippen molar-refractivity contribution in [2.75, 3.05) is 11.1 Å². The molecule has 4 heteroatoms. The van der Waals surface area contributed by atoms with Crippen LogP contribution in [-0.4, -0.2) is 6.04 Å². The first kappa shape index (κ1) is 11.5. The SMILES string of the molecule is Nc1ccc(NC2C3C4CCC(C4)C23)c(C(F)F)c1. The Balaban J connectivity index is 1.55. The van der Waals surface area contributed by atoms with Crippen molar-refractivity contribution in [2.45, 2.75) is 31.7 Å². The molecule has 4 rings (SSSR count). The summed E-state index contributed by atoms with van der Waals surface area (Å²) < 4.78 is 26.1. The molecular weight excluding hydrogens is 246 g/mol. The minimum absolute atomic E-state index is 0.0392. The van der Waals surface area contributed by atoms with Gasteiger partial charge in [-0.25, -0.2) is 8.78 Å². The number of anilines is 2. The van der Waals surface area contributed by atoms with Crippen molar-refractivity contribution in [1.29, 1.82) is 0 Å². The van der Waals surface area contributed by atoms with Crippen LogP contribution in [0.25, 0.3) is 0 Å². The molecule has 3 aliphatic carbocycles. The lowest BCUT2D eigenvalue weighted by atomic mass is 10.0. The maximum absolute atomic E-state index is 13.0. The predicted octanol–water partition coefficient (Wildman–Crippen LogP) is 3.66. The highest BCUT2D eigenvalue weighted by Crippen LogP contribution is 2.66. The fraction of sp³-hybridized carbons (Fsp3) is 0.600. The molecule has 3 aliphatic rings.